The number of morpholine rings is 1. The van der Waals surface area contributed by atoms with Crippen molar-refractivity contribution in [2.75, 3.05) is 19.8 Å². The highest BCUT2D eigenvalue weighted by Gasteiger charge is 2.04. The van der Waals surface area contributed by atoms with E-state index < -0.39 is 0 Å². The smallest absolute Gasteiger partial charge is 0.0617 e. The third-order valence-electron chi connectivity index (χ3n) is 2.05. The number of benzene rings is 1. The first-order chi connectivity index (χ1) is 6.79. The first-order valence-electron chi connectivity index (χ1n) is 5.12. The maximum atomic E-state index is 5.12. The molecule has 2 nitrogen and oxygen atoms in total. The average Bonchev–Trinajstić information content (AvgIpc) is 2.21. The summed E-state index contributed by atoms with van der Waals surface area (Å²) < 4.78 is 5.12. The van der Waals surface area contributed by atoms with E-state index in [1.54, 1.807) is 0 Å². The Balaban J connectivity index is 0.000000140. The number of aryl methyl sites for hydroxylation is 1. The van der Waals surface area contributed by atoms with Gasteiger partial charge in [-0.25, -0.2) is 0 Å². The van der Waals surface area contributed by atoms with E-state index >= 15 is 0 Å². The molecule has 78 valence electrons. The fourth-order valence-electron chi connectivity index (χ4n) is 1.23. The van der Waals surface area contributed by atoms with Gasteiger partial charge in [0, 0.05) is 12.6 Å². The Morgan fingerprint density at radius 1 is 1.29 bits per heavy atom. The lowest BCUT2D eigenvalue weighted by Gasteiger charge is -2.19. The topological polar surface area (TPSA) is 21.3 Å². The molecule has 14 heavy (non-hydrogen) atoms. The van der Waals surface area contributed by atoms with Crippen molar-refractivity contribution in [2.45, 2.75) is 19.9 Å². The standard InChI is InChI=1S/C7H8.C5H11NO/c1-7-5-3-2-4-6-7;1-5-4-7-3-2-6-5/h2-6H,1H3;5-6H,2-4H2,1H3. The Bertz CT molecular complexity index is 229. The van der Waals surface area contributed by atoms with Crippen LogP contribution in [0.15, 0.2) is 30.3 Å². The predicted octanol–water partition coefficient (Wildman–Crippen LogP) is 1.99. The highest BCUT2D eigenvalue weighted by molar-refractivity contribution is 5.11. The second kappa shape index (κ2) is 6.57. The zero-order valence-corrected chi connectivity index (χ0v) is 8.99. The first-order valence-corrected chi connectivity index (χ1v) is 5.12. The van der Waals surface area contributed by atoms with Gasteiger partial charge in [-0.1, -0.05) is 35.9 Å². The lowest BCUT2D eigenvalue weighted by Crippen LogP contribution is -2.38. The minimum atomic E-state index is 0.564. The third kappa shape index (κ3) is 5.00. The van der Waals surface area contributed by atoms with E-state index in [2.05, 4.69) is 31.3 Å². The first kappa shape index (κ1) is 11.2. The van der Waals surface area contributed by atoms with E-state index in [1.807, 2.05) is 18.2 Å². The van der Waals surface area contributed by atoms with Crippen LogP contribution in [0.2, 0.25) is 0 Å². The van der Waals surface area contributed by atoms with Crippen LogP contribution in [0, 0.1) is 6.92 Å². The van der Waals surface area contributed by atoms with Crippen LogP contribution in [0.1, 0.15) is 12.5 Å². The van der Waals surface area contributed by atoms with Crippen molar-refractivity contribution in [1.29, 1.82) is 0 Å². The summed E-state index contributed by atoms with van der Waals surface area (Å²) >= 11 is 0. The van der Waals surface area contributed by atoms with Crippen LogP contribution in [0.5, 0.6) is 0 Å². The zero-order valence-electron chi connectivity index (χ0n) is 8.99. The van der Waals surface area contributed by atoms with E-state index in [0.29, 0.717) is 6.04 Å². The van der Waals surface area contributed by atoms with Crippen molar-refractivity contribution in [3.05, 3.63) is 35.9 Å². The Labute approximate surface area is 86.3 Å². The van der Waals surface area contributed by atoms with Crippen molar-refractivity contribution < 1.29 is 4.74 Å². The highest BCUT2D eigenvalue weighted by Crippen LogP contribution is 1.92. The molecule has 1 heterocycles. The van der Waals surface area contributed by atoms with Crippen molar-refractivity contribution in [3.8, 4) is 0 Å². The zero-order chi connectivity index (χ0) is 10.2. The van der Waals surface area contributed by atoms with Gasteiger partial charge in [-0.15, -0.1) is 0 Å². The van der Waals surface area contributed by atoms with Crippen LogP contribution in [-0.2, 0) is 4.74 Å². The maximum absolute atomic E-state index is 5.12. The van der Waals surface area contributed by atoms with Gasteiger partial charge < -0.3 is 10.1 Å². The Hall–Kier alpha value is -0.860. The molecule has 0 spiro atoms. The molecule has 1 aromatic rings. The Morgan fingerprint density at radius 3 is 2.29 bits per heavy atom. The molecule has 1 aliphatic heterocycles. The molecule has 0 saturated carbocycles. The van der Waals surface area contributed by atoms with Crippen LogP contribution >= 0.6 is 0 Å². The molecule has 1 fully saturated rings. The summed E-state index contributed by atoms with van der Waals surface area (Å²) in [6.07, 6.45) is 0. The van der Waals surface area contributed by atoms with Crippen LogP contribution in [-0.4, -0.2) is 25.8 Å². The molecular formula is C12H19NO. The summed E-state index contributed by atoms with van der Waals surface area (Å²) in [5, 5.41) is 3.26. The van der Waals surface area contributed by atoms with Gasteiger partial charge in [0.1, 0.15) is 0 Å². The van der Waals surface area contributed by atoms with E-state index in [0.717, 1.165) is 19.8 Å². The fraction of sp³-hybridized carbons (Fsp3) is 0.500. The van der Waals surface area contributed by atoms with E-state index in [4.69, 9.17) is 4.74 Å². The second-order valence-electron chi connectivity index (χ2n) is 3.58. The lowest BCUT2D eigenvalue weighted by molar-refractivity contribution is 0.0824. The monoisotopic (exact) mass is 193 g/mol. The third-order valence-corrected chi connectivity index (χ3v) is 2.05. The average molecular weight is 193 g/mol. The predicted molar refractivity (Wildman–Crippen MR) is 59.5 cm³/mol. The molecule has 2 rings (SSSR count). The summed E-state index contributed by atoms with van der Waals surface area (Å²) in [6.45, 7) is 6.98. The van der Waals surface area contributed by atoms with E-state index in [1.165, 1.54) is 5.56 Å². The summed E-state index contributed by atoms with van der Waals surface area (Å²) in [5.41, 5.74) is 1.32. The molecule has 2 heteroatoms. The van der Waals surface area contributed by atoms with Crippen LogP contribution in [0.25, 0.3) is 0 Å². The quantitative estimate of drug-likeness (QED) is 0.680. The van der Waals surface area contributed by atoms with Crippen LogP contribution in [0.3, 0.4) is 0 Å². The molecule has 0 radical (unpaired) electrons. The van der Waals surface area contributed by atoms with Gasteiger partial charge in [0.05, 0.1) is 13.2 Å². The lowest BCUT2D eigenvalue weighted by atomic mass is 10.2. The minimum absolute atomic E-state index is 0.564. The van der Waals surface area contributed by atoms with Crippen molar-refractivity contribution in [2.24, 2.45) is 0 Å². The summed E-state index contributed by atoms with van der Waals surface area (Å²) in [6, 6.07) is 10.8. The van der Waals surface area contributed by atoms with Gasteiger partial charge in [-0.2, -0.15) is 0 Å². The summed E-state index contributed by atoms with van der Waals surface area (Å²) in [7, 11) is 0. The van der Waals surface area contributed by atoms with E-state index in [-0.39, 0.29) is 0 Å². The van der Waals surface area contributed by atoms with Crippen molar-refractivity contribution >= 4 is 0 Å². The van der Waals surface area contributed by atoms with Crippen LogP contribution < -0.4 is 5.32 Å². The normalized spacial score (nSPS) is 20.9. The number of rotatable bonds is 0. The Kier molecular flexibility index (Phi) is 5.27. The molecule has 1 aromatic carbocycles. The second-order valence-corrected chi connectivity index (χ2v) is 3.58. The molecule has 1 atom stereocenters. The number of hydrogen-bond acceptors (Lipinski definition) is 2. The molecule has 1 unspecified atom stereocenters. The van der Waals surface area contributed by atoms with Gasteiger partial charge in [-0.05, 0) is 13.8 Å². The number of ether oxygens (including phenoxy) is 1. The van der Waals surface area contributed by atoms with Gasteiger partial charge in [0.15, 0.2) is 0 Å². The Morgan fingerprint density at radius 2 is 2.00 bits per heavy atom. The summed E-state index contributed by atoms with van der Waals surface area (Å²) in [5.74, 6) is 0. The number of nitrogens with one attached hydrogen (secondary N) is 1. The largest absolute Gasteiger partial charge is 0.379 e. The van der Waals surface area contributed by atoms with Gasteiger partial charge in [0.2, 0.25) is 0 Å². The van der Waals surface area contributed by atoms with Gasteiger partial charge >= 0.3 is 0 Å². The van der Waals surface area contributed by atoms with Gasteiger partial charge in [0.25, 0.3) is 0 Å². The maximum Gasteiger partial charge on any atom is 0.0617 e. The SMILES string of the molecule is CC1COCCN1.Cc1ccccc1. The molecule has 0 bridgehead atoms. The highest BCUT2D eigenvalue weighted by atomic mass is 16.5. The molecule has 1 N–H and O–H groups in total. The molecule has 0 aromatic heterocycles. The molecule has 1 aliphatic rings. The van der Waals surface area contributed by atoms with Crippen LogP contribution in [0.4, 0.5) is 0 Å². The van der Waals surface area contributed by atoms with E-state index in [9.17, 15) is 0 Å². The van der Waals surface area contributed by atoms with Crippen molar-refractivity contribution in [3.63, 3.8) is 0 Å². The molecule has 0 amide bonds. The minimum Gasteiger partial charge on any atom is -0.379 e. The molecular weight excluding hydrogens is 174 g/mol. The van der Waals surface area contributed by atoms with Gasteiger partial charge in [-0.3, -0.25) is 0 Å². The molecule has 1 saturated heterocycles. The fourth-order valence-corrected chi connectivity index (χ4v) is 1.23. The molecule has 0 aliphatic carbocycles. The number of hydrogen-bond donors (Lipinski definition) is 1. The van der Waals surface area contributed by atoms with Crippen molar-refractivity contribution in [1.82, 2.24) is 5.32 Å². The summed E-state index contributed by atoms with van der Waals surface area (Å²) in [4.78, 5) is 0.